The second-order valence-electron chi connectivity index (χ2n) is 4.33. The van der Waals surface area contributed by atoms with Gasteiger partial charge in [0.15, 0.2) is 0 Å². The zero-order chi connectivity index (χ0) is 11.4. The predicted molar refractivity (Wildman–Crippen MR) is 60.1 cm³/mol. The number of hydrogen-bond donors (Lipinski definition) is 2. The van der Waals surface area contributed by atoms with Crippen LogP contribution in [0.25, 0.3) is 0 Å². The fourth-order valence-corrected chi connectivity index (χ4v) is 2.18. The summed E-state index contributed by atoms with van der Waals surface area (Å²) in [6.07, 6.45) is 1.94. The fourth-order valence-electron chi connectivity index (χ4n) is 2.18. The Morgan fingerprint density at radius 3 is 2.73 bits per heavy atom. The van der Waals surface area contributed by atoms with Crippen LogP contribution in [0.3, 0.4) is 0 Å². The molecule has 5 nitrogen and oxygen atoms in total. The van der Waals surface area contributed by atoms with Gasteiger partial charge in [0.1, 0.15) is 0 Å². The molecule has 3 N–H and O–H groups in total. The van der Waals surface area contributed by atoms with Crippen molar-refractivity contribution in [3.63, 3.8) is 0 Å². The standard InChI is InChI=1S/C10H22N4O/c1-4-9(10(15)12-11)14-6-5-8(7-14)13(2)3/h8-9H,4-7,11H2,1-3H3,(H,12,15). The van der Waals surface area contributed by atoms with Crippen LogP contribution in [0.2, 0.25) is 0 Å². The third-order valence-corrected chi connectivity index (χ3v) is 3.20. The number of likely N-dealkylation sites (tertiary alicyclic amines) is 1. The zero-order valence-electron chi connectivity index (χ0n) is 9.86. The number of amides is 1. The van der Waals surface area contributed by atoms with Crippen molar-refractivity contribution in [1.82, 2.24) is 15.2 Å². The molecular weight excluding hydrogens is 192 g/mol. The Labute approximate surface area is 91.6 Å². The Balaban J connectivity index is 2.54. The fraction of sp³-hybridized carbons (Fsp3) is 0.900. The van der Waals surface area contributed by atoms with Gasteiger partial charge in [-0.3, -0.25) is 15.1 Å². The average Bonchev–Trinajstić information content (AvgIpc) is 2.68. The number of nitrogens with one attached hydrogen (secondary N) is 1. The smallest absolute Gasteiger partial charge is 0.251 e. The lowest BCUT2D eigenvalue weighted by atomic mass is 10.2. The topological polar surface area (TPSA) is 61.6 Å². The molecule has 1 saturated heterocycles. The van der Waals surface area contributed by atoms with Crippen LogP contribution in [0.1, 0.15) is 19.8 Å². The van der Waals surface area contributed by atoms with E-state index < -0.39 is 0 Å². The summed E-state index contributed by atoms with van der Waals surface area (Å²) < 4.78 is 0. The SMILES string of the molecule is CCC(C(=O)NN)N1CCC(N(C)C)C1. The second-order valence-corrected chi connectivity index (χ2v) is 4.33. The Morgan fingerprint density at radius 2 is 2.33 bits per heavy atom. The second kappa shape index (κ2) is 5.44. The van der Waals surface area contributed by atoms with Crippen molar-refractivity contribution in [2.24, 2.45) is 5.84 Å². The van der Waals surface area contributed by atoms with E-state index >= 15 is 0 Å². The minimum Gasteiger partial charge on any atom is -0.305 e. The van der Waals surface area contributed by atoms with Crippen molar-refractivity contribution in [3.8, 4) is 0 Å². The van der Waals surface area contributed by atoms with Crippen LogP contribution in [-0.4, -0.2) is 55.0 Å². The Kier molecular flexibility index (Phi) is 4.50. The molecule has 2 unspecified atom stereocenters. The van der Waals surface area contributed by atoms with Crippen molar-refractivity contribution < 1.29 is 4.79 Å². The summed E-state index contributed by atoms with van der Waals surface area (Å²) in [4.78, 5) is 15.9. The zero-order valence-corrected chi connectivity index (χ0v) is 9.86. The van der Waals surface area contributed by atoms with E-state index in [1.807, 2.05) is 6.92 Å². The first kappa shape index (κ1) is 12.4. The normalized spacial score (nSPS) is 24.5. The lowest BCUT2D eigenvalue weighted by Gasteiger charge is -2.26. The highest BCUT2D eigenvalue weighted by Crippen LogP contribution is 2.17. The first-order valence-corrected chi connectivity index (χ1v) is 5.51. The molecule has 2 atom stereocenters. The first-order valence-electron chi connectivity index (χ1n) is 5.51. The maximum Gasteiger partial charge on any atom is 0.251 e. The number of nitrogens with two attached hydrogens (primary N) is 1. The molecule has 5 heteroatoms. The van der Waals surface area contributed by atoms with Gasteiger partial charge in [0.25, 0.3) is 5.91 Å². The Bertz CT molecular complexity index is 219. The Hall–Kier alpha value is -0.650. The predicted octanol–water partition coefficient (Wildman–Crippen LogP) is -0.609. The molecule has 88 valence electrons. The summed E-state index contributed by atoms with van der Waals surface area (Å²) in [7, 11) is 4.16. The molecule has 1 heterocycles. The van der Waals surface area contributed by atoms with E-state index in [4.69, 9.17) is 5.84 Å². The van der Waals surface area contributed by atoms with Crippen molar-refractivity contribution in [3.05, 3.63) is 0 Å². The van der Waals surface area contributed by atoms with Crippen LogP contribution in [0.15, 0.2) is 0 Å². The molecule has 0 spiro atoms. The molecule has 1 amide bonds. The average molecular weight is 214 g/mol. The lowest BCUT2D eigenvalue weighted by molar-refractivity contribution is -0.126. The van der Waals surface area contributed by atoms with E-state index in [0.717, 1.165) is 25.9 Å². The molecule has 0 bridgehead atoms. The highest BCUT2D eigenvalue weighted by atomic mass is 16.2. The summed E-state index contributed by atoms with van der Waals surface area (Å²) in [5, 5.41) is 0. The summed E-state index contributed by atoms with van der Waals surface area (Å²) in [5.41, 5.74) is 2.24. The molecule has 0 saturated carbocycles. The molecule has 1 rings (SSSR count). The number of likely N-dealkylation sites (N-methyl/N-ethyl adjacent to an activating group) is 1. The maximum absolute atomic E-state index is 11.5. The molecule has 0 aromatic carbocycles. The molecule has 0 aromatic rings. The first-order chi connectivity index (χ1) is 7.10. The minimum absolute atomic E-state index is 0.0695. The third kappa shape index (κ3) is 2.90. The van der Waals surface area contributed by atoms with Crippen LogP contribution in [0.4, 0.5) is 0 Å². The quantitative estimate of drug-likeness (QED) is 0.372. The number of hydrogen-bond acceptors (Lipinski definition) is 4. The van der Waals surface area contributed by atoms with E-state index in [9.17, 15) is 4.79 Å². The summed E-state index contributed by atoms with van der Waals surface area (Å²) in [5.74, 6) is 5.10. The molecular formula is C10H22N4O. The summed E-state index contributed by atoms with van der Waals surface area (Å²) in [6, 6.07) is 0.490. The van der Waals surface area contributed by atoms with Crippen LogP contribution < -0.4 is 11.3 Å². The van der Waals surface area contributed by atoms with Gasteiger partial charge in [0.05, 0.1) is 6.04 Å². The van der Waals surface area contributed by atoms with Gasteiger partial charge in [0.2, 0.25) is 0 Å². The van der Waals surface area contributed by atoms with Crippen LogP contribution in [-0.2, 0) is 4.79 Å². The van der Waals surface area contributed by atoms with E-state index in [-0.39, 0.29) is 11.9 Å². The van der Waals surface area contributed by atoms with Gasteiger partial charge in [0, 0.05) is 19.1 Å². The maximum atomic E-state index is 11.5. The number of rotatable bonds is 4. The number of carbonyl (C=O) groups is 1. The number of hydrazine groups is 1. The highest BCUT2D eigenvalue weighted by molar-refractivity contribution is 5.81. The van der Waals surface area contributed by atoms with Crippen molar-refractivity contribution >= 4 is 5.91 Å². The Morgan fingerprint density at radius 1 is 1.67 bits per heavy atom. The number of carbonyl (C=O) groups excluding carboxylic acids is 1. The van der Waals surface area contributed by atoms with Gasteiger partial charge in [-0.2, -0.15) is 0 Å². The summed E-state index contributed by atoms with van der Waals surface area (Å²) in [6.45, 7) is 3.95. The van der Waals surface area contributed by atoms with E-state index in [1.165, 1.54) is 0 Å². The van der Waals surface area contributed by atoms with Crippen LogP contribution >= 0.6 is 0 Å². The number of nitrogens with zero attached hydrogens (tertiary/aromatic N) is 2. The molecule has 0 aliphatic carbocycles. The molecule has 15 heavy (non-hydrogen) atoms. The lowest BCUT2D eigenvalue weighted by Crippen LogP contribution is -2.48. The van der Waals surface area contributed by atoms with Gasteiger partial charge in [-0.15, -0.1) is 0 Å². The van der Waals surface area contributed by atoms with Crippen molar-refractivity contribution in [1.29, 1.82) is 0 Å². The van der Waals surface area contributed by atoms with Crippen LogP contribution in [0, 0.1) is 0 Å². The molecule has 1 fully saturated rings. The van der Waals surface area contributed by atoms with Gasteiger partial charge in [-0.1, -0.05) is 6.92 Å². The van der Waals surface area contributed by atoms with Crippen LogP contribution in [0.5, 0.6) is 0 Å². The monoisotopic (exact) mass is 214 g/mol. The van der Waals surface area contributed by atoms with E-state index in [1.54, 1.807) is 0 Å². The molecule has 0 aromatic heterocycles. The van der Waals surface area contributed by atoms with Gasteiger partial charge in [-0.05, 0) is 26.9 Å². The van der Waals surface area contributed by atoms with E-state index in [2.05, 4.69) is 29.3 Å². The van der Waals surface area contributed by atoms with Gasteiger partial charge < -0.3 is 4.90 Å². The molecule has 1 aliphatic rings. The third-order valence-electron chi connectivity index (χ3n) is 3.20. The molecule has 0 radical (unpaired) electrons. The van der Waals surface area contributed by atoms with Crippen molar-refractivity contribution in [2.45, 2.75) is 31.8 Å². The van der Waals surface area contributed by atoms with E-state index in [0.29, 0.717) is 6.04 Å². The largest absolute Gasteiger partial charge is 0.305 e. The van der Waals surface area contributed by atoms with Gasteiger partial charge in [-0.25, -0.2) is 5.84 Å². The highest BCUT2D eigenvalue weighted by Gasteiger charge is 2.31. The van der Waals surface area contributed by atoms with Crippen molar-refractivity contribution in [2.75, 3.05) is 27.2 Å². The minimum atomic E-state index is -0.0723. The summed E-state index contributed by atoms with van der Waals surface area (Å²) >= 11 is 0. The van der Waals surface area contributed by atoms with Gasteiger partial charge >= 0.3 is 0 Å². The molecule has 1 aliphatic heterocycles.